The summed E-state index contributed by atoms with van der Waals surface area (Å²) in [5.74, 6) is 0. The highest BCUT2D eigenvalue weighted by atomic mass is 16.6. The zero-order valence-corrected chi connectivity index (χ0v) is 12.0. The van der Waals surface area contributed by atoms with E-state index in [1.165, 1.54) is 6.42 Å². The second kappa shape index (κ2) is 6.81. The van der Waals surface area contributed by atoms with Gasteiger partial charge in [-0.25, -0.2) is 0 Å². The summed E-state index contributed by atoms with van der Waals surface area (Å²) in [5.41, 5.74) is 6.73. The molecular formula is C15H23N3O2. The first kappa shape index (κ1) is 14.9. The highest BCUT2D eigenvalue weighted by molar-refractivity contribution is 5.41. The Bertz CT molecular complexity index is 462. The monoisotopic (exact) mass is 277 g/mol. The summed E-state index contributed by atoms with van der Waals surface area (Å²) in [4.78, 5) is 13.3. The van der Waals surface area contributed by atoms with Gasteiger partial charge in [-0.2, -0.15) is 0 Å². The summed E-state index contributed by atoms with van der Waals surface area (Å²) >= 11 is 0. The van der Waals surface area contributed by atoms with Crippen molar-refractivity contribution in [3.8, 4) is 0 Å². The first-order chi connectivity index (χ1) is 9.65. The smallest absolute Gasteiger partial charge is 0.274 e. The molecule has 0 radical (unpaired) electrons. The van der Waals surface area contributed by atoms with E-state index in [-0.39, 0.29) is 16.7 Å². The van der Waals surface area contributed by atoms with Crippen LogP contribution >= 0.6 is 0 Å². The zero-order valence-electron chi connectivity index (χ0n) is 12.0. The van der Waals surface area contributed by atoms with Gasteiger partial charge in [-0.15, -0.1) is 0 Å². The predicted molar refractivity (Wildman–Crippen MR) is 79.5 cm³/mol. The number of hydrogen-bond donors (Lipinski definition) is 1. The summed E-state index contributed by atoms with van der Waals surface area (Å²) in [7, 11) is 0. The van der Waals surface area contributed by atoms with Gasteiger partial charge in [-0.3, -0.25) is 15.0 Å². The van der Waals surface area contributed by atoms with E-state index in [4.69, 9.17) is 5.73 Å². The third-order valence-corrected chi connectivity index (χ3v) is 4.25. The van der Waals surface area contributed by atoms with Gasteiger partial charge in [0.05, 0.1) is 4.92 Å². The minimum atomic E-state index is -0.284. The molecule has 1 saturated heterocycles. The van der Waals surface area contributed by atoms with E-state index in [0.29, 0.717) is 12.6 Å². The summed E-state index contributed by atoms with van der Waals surface area (Å²) in [6, 6.07) is 7.57. The molecule has 2 rings (SSSR count). The van der Waals surface area contributed by atoms with E-state index in [2.05, 4.69) is 11.8 Å². The van der Waals surface area contributed by atoms with Gasteiger partial charge < -0.3 is 5.73 Å². The quantitative estimate of drug-likeness (QED) is 0.663. The molecule has 1 heterocycles. The number of hydrogen-bond acceptors (Lipinski definition) is 4. The Morgan fingerprint density at radius 2 is 2.20 bits per heavy atom. The van der Waals surface area contributed by atoms with Crippen LogP contribution in [0.1, 0.15) is 44.2 Å². The van der Waals surface area contributed by atoms with E-state index in [0.717, 1.165) is 31.4 Å². The lowest BCUT2D eigenvalue weighted by atomic mass is 9.94. The van der Waals surface area contributed by atoms with Gasteiger partial charge in [0.1, 0.15) is 0 Å². The van der Waals surface area contributed by atoms with E-state index in [1.54, 1.807) is 12.1 Å². The molecule has 0 bridgehead atoms. The Kier molecular flexibility index (Phi) is 5.09. The number of likely N-dealkylation sites (tertiary alicyclic amines) is 1. The fourth-order valence-corrected chi connectivity index (χ4v) is 3.22. The number of nitro benzene ring substituents is 1. The van der Waals surface area contributed by atoms with Crippen LogP contribution in [0.2, 0.25) is 0 Å². The highest BCUT2D eigenvalue weighted by Crippen LogP contribution is 2.33. The molecule has 1 fully saturated rings. The summed E-state index contributed by atoms with van der Waals surface area (Å²) in [6.07, 6.45) is 4.49. The number of rotatable bonds is 5. The number of nitrogens with zero attached hydrogens (tertiary/aromatic N) is 2. The van der Waals surface area contributed by atoms with Gasteiger partial charge in [0.25, 0.3) is 5.69 Å². The van der Waals surface area contributed by atoms with Crippen molar-refractivity contribution < 1.29 is 4.92 Å². The molecule has 0 amide bonds. The normalized spacial score (nSPS) is 21.6. The van der Waals surface area contributed by atoms with Crippen molar-refractivity contribution in [3.63, 3.8) is 0 Å². The molecule has 1 aromatic carbocycles. The third kappa shape index (κ3) is 3.16. The molecule has 1 aliphatic rings. The Balaban J connectivity index is 2.25. The minimum Gasteiger partial charge on any atom is -0.330 e. The SMILES string of the molecule is CC(c1ccccc1[N+](=O)[O-])N1CCCCC1CCN. The van der Waals surface area contributed by atoms with Crippen LogP contribution in [0, 0.1) is 10.1 Å². The van der Waals surface area contributed by atoms with E-state index in [9.17, 15) is 10.1 Å². The summed E-state index contributed by atoms with van der Waals surface area (Å²) in [6.45, 7) is 3.74. The number of nitro groups is 1. The number of benzene rings is 1. The molecule has 0 aliphatic carbocycles. The maximum absolute atomic E-state index is 11.2. The van der Waals surface area contributed by atoms with Crippen molar-refractivity contribution in [1.82, 2.24) is 4.90 Å². The van der Waals surface area contributed by atoms with Crippen molar-refractivity contribution in [3.05, 3.63) is 39.9 Å². The molecule has 5 heteroatoms. The molecule has 1 aromatic rings. The maximum atomic E-state index is 11.2. The first-order valence-electron chi connectivity index (χ1n) is 7.34. The van der Waals surface area contributed by atoms with Crippen molar-refractivity contribution in [2.24, 2.45) is 5.73 Å². The van der Waals surface area contributed by atoms with Crippen molar-refractivity contribution in [2.75, 3.05) is 13.1 Å². The molecule has 0 spiro atoms. The van der Waals surface area contributed by atoms with Crippen LogP contribution in [0.4, 0.5) is 5.69 Å². The molecule has 1 aliphatic heterocycles. The Labute approximate surface area is 119 Å². The predicted octanol–water partition coefficient (Wildman–Crippen LogP) is 2.86. The molecule has 20 heavy (non-hydrogen) atoms. The van der Waals surface area contributed by atoms with Gasteiger partial charge >= 0.3 is 0 Å². The second-order valence-corrected chi connectivity index (χ2v) is 5.46. The third-order valence-electron chi connectivity index (χ3n) is 4.25. The summed E-state index contributed by atoms with van der Waals surface area (Å²) in [5, 5.41) is 11.2. The fourth-order valence-electron chi connectivity index (χ4n) is 3.22. The fraction of sp³-hybridized carbons (Fsp3) is 0.600. The van der Waals surface area contributed by atoms with Crippen LogP contribution in [0.3, 0.4) is 0 Å². The van der Waals surface area contributed by atoms with Crippen LogP contribution in [0.5, 0.6) is 0 Å². The van der Waals surface area contributed by atoms with Crippen LogP contribution in [0.25, 0.3) is 0 Å². The lowest BCUT2D eigenvalue weighted by molar-refractivity contribution is -0.386. The standard InChI is InChI=1S/C15H23N3O2/c1-12(14-7-2-3-8-15(14)18(19)20)17-11-5-4-6-13(17)9-10-16/h2-3,7-8,12-13H,4-6,9-11,16H2,1H3. The molecule has 2 unspecified atom stereocenters. The number of para-hydroxylation sites is 1. The van der Waals surface area contributed by atoms with Crippen molar-refractivity contribution in [2.45, 2.75) is 44.7 Å². The van der Waals surface area contributed by atoms with Crippen LogP contribution in [0.15, 0.2) is 24.3 Å². The zero-order chi connectivity index (χ0) is 14.5. The topological polar surface area (TPSA) is 72.4 Å². The molecular weight excluding hydrogens is 254 g/mol. The maximum Gasteiger partial charge on any atom is 0.274 e. The Morgan fingerprint density at radius 1 is 1.45 bits per heavy atom. The molecule has 0 saturated carbocycles. The lowest BCUT2D eigenvalue weighted by Crippen LogP contribution is -2.42. The Hall–Kier alpha value is -1.46. The van der Waals surface area contributed by atoms with Crippen molar-refractivity contribution >= 4 is 5.69 Å². The average Bonchev–Trinajstić information content (AvgIpc) is 2.47. The van der Waals surface area contributed by atoms with Crippen LogP contribution in [-0.2, 0) is 0 Å². The van der Waals surface area contributed by atoms with Gasteiger partial charge in [-0.1, -0.05) is 24.6 Å². The Morgan fingerprint density at radius 3 is 2.90 bits per heavy atom. The summed E-state index contributed by atoms with van der Waals surface area (Å²) < 4.78 is 0. The highest BCUT2D eigenvalue weighted by Gasteiger charge is 2.29. The van der Waals surface area contributed by atoms with Crippen LogP contribution < -0.4 is 5.73 Å². The van der Waals surface area contributed by atoms with E-state index < -0.39 is 0 Å². The van der Waals surface area contributed by atoms with Crippen LogP contribution in [-0.4, -0.2) is 29.0 Å². The molecule has 5 nitrogen and oxygen atoms in total. The molecule has 0 aromatic heterocycles. The molecule has 2 atom stereocenters. The van der Waals surface area contributed by atoms with Gasteiger partial charge in [-0.05, 0) is 39.3 Å². The first-order valence-corrected chi connectivity index (χ1v) is 7.34. The second-order valence-electron chi connectivity index (χ2n) is 5.46. The van der Waals surface area contributed by atoms with Gasteiger partial charge in [0, 0.05) is 23.7 Å². The number of piperidine rings is 1. The largest absolute Gasteiger partial charge is 0.330 e. The van der Waals surface area contributed by atoms with E-state index >= 15 is 0 Å². The molecule has 2 N–H and O–H groups in total. The lowest BCUT2D eigenvalue weighted by Gasteiger charge is -2.39. The average molecular weight is 277 g/mol. The minimum absolute atomic E-state index is 0.0634. The van der Waals surface area contributed by atoms with Gasteiger partial charge in [0.2, 0.25) is 0 Å². The van der Waals surface area contributed by atoms with Gasteiger partial charge in [0.15, 0.2) is 0 Å². The number of nitrogens with two attached hydrogens (primary N) is 1. The molecule has 110 valence electrons. The van der Waals surface area contributed by atoms with E-state index in [1.807, 2.05) is 12.1 Å². The van der Waals surface area contributed by atoms with Crippen molar-refractivity contribution in [1.29, 1.82) is 0 Å².